The molecule has 1 atom stereocenters. The molecule has 0 heterocycles. The molecule has 0 aromatic carbocycles. The van der Waals surface area contributed by atoms with Crippen LogP contribution in [0.2, 0.25) is 0 Å². The van der Waals surface area contributed by atoms with E-state index >= 15 is 0 Å². The van der Waals surface area contributed by atoms with Crippen molar-refractivity contribution in [2.45, 2.75) is 32.6 Å². The number of amides is 1. The van der Waals surface area contributed by atoms with Gasteiger partial charge in [0.25, 0.3) is 0 Å². The zero-order valence-electron chi connectivity index (χ0n) is 7.75. The third-order valence-electron chi connectivity index (χ3n) is 3.13. The highest BCUT2D eigenvalue weighted by Crippen LogP contribution is 2.39. The third-order valence-corrected chi connectivity index (χ3v) is 3.13. The highest BCUT2D eigenvalue weighted by atomic mass is 16.4. The maximum Gasteiger partial charge on any atom is 0.319 e. The highest BCUT2D eigenvalue weighted by molar-refractivity contribution is 6.01. The summed E-state index contributed by atoms with van der Waals surface area (Å²) < 4.78 is 0. The average Bonchev–Trinajstić information content (AvgIpc) is 2.54. The van der Waals surface area contributed by atoms with Crippen molar-refractivity contribution in [2.24, 2.45) is 17.1 Å². The van der Waals surface area contributed by atoms with Gasteiger partial charge in [-0.2, -0.15) is 0 Å². The molecular weight excluding hydrogens is 170 g/mol. The first-order valence-corrected chi connectivity index (χ1v) is 4.53. The van der Waals surface area contributed by atoms with Crippen LogP contribution in [0.25, 0.3) is 0 Å². The Kier molecular flexibility index (Phi) is 2.59. The van der Waals surface area contributed by atoms with E-state index in [0.29, 0.717) is 0 Å². The van der Waals surface area contributed by atoms with Crippen molar-refractivity contribution in [3.8, 4) is 0 Å². The van der Waals surface area contributed by atoms with Crippen LogP contribution in [0.4, 0.5) is 0 Å². The van der Waals surface area contributed by atoms with E-state index in [1.165, 1.54) is 6.92 Å². The second-order valence-corrected chi connectivity index (χ2v) is 3.85. The van der Waals surface area contributed by atoms with E-state index in [4.69, 9.17) is 10.8 Å². The number of carbonyl (C=O) groups is 2. The summed E-state index contributed by atoms with van der Waals surface area (Å²) in [7, 11) is 0. The zero-order valence-corrected chi connectivity index (χ0v) is 7.75. The lowest BCUT2D eigenvalue weighted by Gasteiger charge is -2.27. The fourth-order valence-corrected chi connectivity index (χ4v) is 1.98. The van der Waals surface area contributed by atoms with Gasteiger partial charge < -0.3 is 10.8 Å². The van der Waals surface area contributed by atoms with Crippen molar-refractivity contribution in [1.82, 2.24) is 0 Å². The summed E-state index contributed by atoms with van der Waals surface area (Å²) in [6.45, 7) is 1.44. The number of hydrogen-bond donors (Lipinski definition) is 2. The molecule has 0 spiro atoms. The van der Waals surface area contributed by atoms with Gasteiger partial charge in [-0.25, -0.2) is 0 Å². The van der Waals surface area contributed by atoms with Gasteiger partial charge in [0.05, 0.1) is 0 Å². The molecular formula is C9H15NO3. The van der Waals surface area contributed by atoms with Crippen molar-refractivity contribution in [1.29, 1.82) is 0 Å². The Morgan fingerprint density at radius 1 is 1.38 bits per heavy atom. The summed E-state index contributed by atoms with van der Waals surface area (Å²) in [5.41, 5.74) is 3.77. The number of carbonyl (C=O) groups excluding carboxylic acids is 1. The zero-order chi connectivity index (χ0) is 10.1. The standard InChI is InChI=1S/C9H15NO3/c1-9(7(10)11,8(12)13)6-4-2-3-5-6/h6H,2-5H2,1H3,(H2,10,11)(H,12,13). The molecule has 0 saturated heterocycles. The Morgan fingerprint density at radius 2 is 1.85 bits per heavy atom. The molecule has 1 aliphatic rings. The van der Waals surface area contributed by atoms with Crippen molar-refractivity contribution in [3.05, 3.63) is 0 Å². The van der Waals surface area contributed by atoms with Gasteiger partial charge in [-0.1, -0.05) is 12.8 Å². The fraction of sp³-hybridized carbons (Fsp3) is 0.778. The number of carboxylic acids is 1. The minimum atomic E-state index is -1.36. The number of carboxylic acid groups (broad SMARTS) is 1. The first-order chi connectivity index (χ1) is 5.99. The van der Waals surface area contributed by atoms with Crippen LogP contribution >= 0.6 is 0 Å². The SMILES string of the molecule is CC(C(N)=O)(C(=O)O)C1CCCC1. The average molecular weight is 185 g/mol. The predicted octanol–water partition coefficient (Wildman–Crippen LogP) is 0.753. The molecule has 4 nitrogen and oxygen atoms in total. The minimum Gasteiger partial charge on any atom is -0.480 e. The van der Waals surface area contributed by atoms with E-state index in [1.807, 2.05) is 0 Å². The van der Waals surface area contributed by atoms with Crippen LogP contribution in [-0.4, -0.2) is 17.0 Å². The largest absolute Gasteiger partial charge is 0.480 e. The predicted molar refractivity (Wildman–Crippen MR) is 46.9 cm³/mol. The molecule has 0 bridgehead atoms. The second kappa shape index (κ2) is 3.36. The molecule has 0 aromatic heterocycles. The van der Waals surface area contributed by atoms with E-state index < -0.39 is 17.3 Å². The minimum absolute atomic E-state index is 0.0810. The second-order valence-electron chi connectivity index (χ2n) is 3.85. The van der Waals surface area contributed by atoms with Gasteiger partial charge in [-0.15, -0.1) is 0 Å². The molecule has 1 saturated carbocycles. The Hall–Kier alpha value is -1.06. The quantitative estimate of drug-likeness (QED) is 0.637. The highest BCUT2D eigenvalue weighted by Gasteiger charge is 2.47. The first-order valence-electron chi connectivity index (χ1n) is 4.53. The lowest BCUT2D eigenvalue weighted by Crippen LogP contribution is -2.46. The van der Waals surface area contributed by atoms with Gasteiger partial charge in [0, 0.05) is 0 Å². The molecule has 0 aromatic rings. The molecule has 1 aliphatic carbocycles. The van der Waals surface area contributed by atoms with Gasteiger partial charge in [-0.05, 0) is 25.7 Å². The number of hydrogen-bond acceptors (Lipinski definition) is 2. The maximum atomic E-state index is 11.1. The molecule has 1 rings (SSSR count). The fourth-order valence-electron chi connectivity index (χ4n) is 1.98. The van der Waals surface area contributed by atoms with Crippen LogP contribution < -0.4 is 5.73 Å². The lowest BCUT2D eigenvalue weighted by molar-refractivity contribution is -0.157. The Bertz CT molecular complexity index is 217. The van der Waals surface area contributed by atoms with Crippen LogP contribution in [-0.2, 0) is 9.59 Å². The summed E-state index contributed by atoms with van der Waals surface area (Å²) in [5.74, 6) is -1.89. The van der Waals surface area contributed by atoms with Gasteiger partial charge in [0.1, 0.15) is 5.41 Å². The molecule has 1 amide bonds. The number of aliphatic carboxylic acids is 1. The summed E-state index contributed by atoms with van der Waals surface area (Å²) in [6, 6.07) is 0. The molecule has 4 heteroatoms. The van der Waals surface area contributed by atoms with Gasteiger partial charge in [0.2, 0.25) is 5.91 Å². The smallest absolute Gasteiger partial charge is 0.319 e. The number of nitrogens with two attached hydrogens (primary N) is 1. The van der Waals surface area contributed by atoms with Gasteiger partial charge >= 0.3 is 5.97 Å². The Labute approximate surface area is 77.1 Å². The Morgan fingerprint density at radius 3 is 2.15 bits per heavy atom. The molecule has 1 unspecified atom stereocenters. The van der Waals surface area contributed by atoms with Gasteiger partial charge in [-0.3, -0.25) is 9.59 Å². The number of primary amides is 1. The topological polar surface area (TPSA) is 80.4 Å². The number of rotatable bonds is 3. The van der Waals surface area contributed by atoms with Crippen LogP contribution in [0.15, 0.2) is 0 Å². The van der Waals surface area contributed by atoms with Crippen molar-refractivity contribution < 1.29 is 14.7 Å². The van der Waals surface area contributed by atoms with Crippen molar-refractivity contribution in [2.75, 3.05) is 0 Å². The summed E-state index contributed by atoms with van der Waals surface area (Å²) >= 11 is 0. The molecule has 74 valence electrons. The molecule has 13 heavy (non-hydrogen) atoms. The Balaban J connectivity index is 2.89. The van der Waals surface area contributed by atoms with Crippen LogP contribution in [0.1, 0.15) is 32.6 Å². The maximum absolute atomic E-state index is 11.1. The van der Waals surface area contributed by atoms with Crippen LogP contribution in [0.5, 0.6) is 0 Å². The normalized spacial score (nSPS) is 22.5. The molecule has 0 radical (unpaired) electrons. The van der Waals surface area contributed by atoms with Crippen LogP contribution in [0, 0.1) is 11.3 Å². The third kappa shape index (κ3) is 1.53. The molecule has 1 fully saturated rings. The summed E-state index contributed by atoms with van der Waals surface area (Å²) in [5, 5.41) is 8.96. The monoisotopic (exact) mass is 185 g/mol. The van der Waals surface area contributed by atoms with E-state index in [0.717, 1.165) is 25.7 Å². The van der Waals surface area contributed by atoms with E-state index in [9.17, 15) is 9.59 Å². The van der Waals surface area contributed by atoms with Crippen molar-refractivity contribution >= 4 is 11.9 Å². The molecule has 3 N–H and O–H groups in total. The summed E-state index contributed by atoms with van der Waals surface area (Å²) in [4.78, 5) is 22.0. The van der Waals surface area contributed by atoms with E-state index in [2.05, 4.69) is 0 Å². The first kappa shape index (κ1) is 10.0. The lowest BCUT2D eigenvalue weighted by atomic mass is 9.75. The van der Waals surface area contributed by atoms with Crippen molar-refractivity contribution in [3.63, 3.8) is 0 Å². The summed E-state index contributed by atoms with van der Waals surface area (Å²) in [6.07, 6.45) is 3.60. The molecule has 0 aliphatic heterocycles. The van der Waals surface area contributed by atoms with Crippen LogP contribution in [0.3, 0.4) is 0 Å². The van der Waals surface area contributed by atoms with Gasteiger partial charge in [0.15, 0.2) is 0 Å². The van der Waals surface area contributed by atoms with E-state index in [1.54, 1.807) is 0 Å². The van der Waals surface area contributed by atoms with E-state index in [-0.39, 0.29) is 5.92 Å².